The molecule has 0 saturated carbocycles. The second-order valence-corrected chi connectivity index (χ2v) is 9.42. The molecule has 3 heterocycles. The van der Waals surface area contributed by atoms with Crippen LogP contribution in [0, 0.1) is 5.92 Å². The van der Waals surface area contributed by atoms with Gasteiger partial charge in [0.2, 0.25) is 11.9 Å². The molecule has 10 heteroatoms. The van der Waals surface area contributed by atoms with Crippen molar-refractivity contribution in [1.82, 2.24) is 19.6 Å². The molecule has 164 valence electrons. The van der Waals surface area contributed by atoms with Crippen molar-refractivity contribution < 1.29 is 13.2 Å². The Hall–Kier alpha value is -3.01. The predicted molar refractivity (Wildman–Crippen MR) is 117 cm³/mol. The van der Waals surface area contributed by atoms with Crippen molar-refractivity contribution in [3.05, 3.63) is 48.3 Å². The van der Waals surface area contributed by atoms with Crippen LogP contribution in [0.2, 0.25) is 0 Å². The van der Waals surface area contributed by atoms with E-state index in [2.05, 4.69) is 24.6 Å². The lowest BCUT2D eigenvalue weighted by Gasteiger charge is -2.36. The Morgan fingerprint density at radius 1 is 1.13 bits per heavy atom. The molecule has 0 radical (unpaired) electrons. The van der Waals surface area contributed by atoms with Crippen molar-refractivity contribution in [3.63, 3.8) is 0 Å². The minimum atomic E-state index is -3.65. The number of aromatic nitrogens is 2. The van der Waals surface area contributed by atoms with Crippen LogP contribution in [-0.2, 0) is 14.8 Å². The summed E-state index contributed by atoms with van der Waals surface area (Å²) in [7, 11) is -3.65. The highest BCUT2D eigenvalue weighted by Crippen LogP contribution is 2.25. The summed E-state index contributed by atoms with van der Waals surface area (Å²) in [6.45, 7) is 6.32. The van der Waals surface area contributed by atoms with Crippen LogP contribution in [-0.4, -0.2) is 67.2 Å². The first-order chi connectivity index (χ1) is 14.9. The maximum atomic E-state index is 13.4. The van der Waals surface area contributed by atoms with E-state index < -0.39 is 16.1 Å². The maximum Gasteiger partial charge on any atom is 0.263 e. The number of carbonyl (C=O) groups is 1. The number of carbonyl (C=O) groups excluding carboxylic acids is 1. The summed E-state index contributed by atoms with van der Waals surface area (Å²) in [5.41, 5.74) is 0.509. The second kappa shape index (κ2) is 8.62. The van der Waals surface area contributed by atoms with Crippen LogP contribution in [0.25, 0.3) is 0 Å². The Labute approximate surface area is 182 Å². The number of amides is 1. The molecule has 2 aromatic rings. The van der Waals surface area contributed by atoms with E-state index in [-0.39, 0.29) is 22.6 Å². The number of fused-ring (bicyclic) bond motifs is 1. The van der Waals surface area contributed by atoms with E-state index in [0.717, 1.165) is 6.42 Å². The number of anilines is 1. The van der Waals surface area contributed by atoms with Gasteiger partial charge in [-0.1, -0.05) is 32.4 Å². The zero-order valence-corrected chi connectivity index (χ0v) is 18.4. The summed E-state index contributed by atoms with van der Waals surface area (Å²) < 4.78 is 27.4. The maximum absolute atomic E-state index is 13.4. The highest BCUT2D eigenvalue weighted by Gasteiger charge is 2.35. The normalized spacial score (nSPS) is 20.8. The summed E-state index contributed by atoms with van der Waals surface area (Å²) in [4.78, 5) is 30.6. The lowest BCUT2D eigenvalue weighted by atomic mass is 9.97. The van der Waals surface area contributed by atoms with Gasteiger partial charge in [-0.25, -0.2) is 18.4 Å². The van der Waals surface area contributed by atoms with E-state index in [1.807, 2.05) is 13.8 Å². The lowest BCUT2D eigenvalue weighted by molar-refractivity contribution is -0.134. The fourth-order valence-corrected chi connectivity index (χ4v) is 5.03. The number of rotatable bonds is 5. The number of amidine groups is 1. The molecule has 9 nitrogen and oxygen atoms in total. The van der Waals surface area contributed by atoms with Gasteiger partial charge in [0.1, 0.15) is 11.9 Å². The van der Waals surface area contributed by atoms with Gasteiger partial charge in [0.15, 0.2) is 0 Å². The van der Waals surface area contributed by atoms with Crippen LogP contribution >= 0.6 is 0 Å². The van der Waals surface area contributed by atoms with Crippen LogP contribution in [0.15, 0.2) is 52.6 Å². The molecule has 1 fully saturated rings. The smallest absolute Gasteiger partial charge is 0.263 e. The van der Waals surface area contributed by atoms with Crippen LogP contribution in [0.1, 0.15) is 25.8 Å². The van der Waals surface area contributed by atoms with Crippen molar-refractivity contribution in [2.45, 2.75) is 31.2 Å². The number of piperazine rings is 1. The van der Waals surface area contributed by atoms with Crippen molar-refractivity contribution in [2.24, 2.45) is 10.9 Å². The molecule has 1 N–H and O–H groups in total. The summed E-state index contributed by atoms with van der Waals surface area (Å²) in [6, 6.07) is 7.81. The van der Waals surface area contributed by atoms with Gasteiger partial charge < -0.3 is 9.80 Å². The number of nitrogens with one attached hydrogen (secondary N) is 1. The van der Waals surface area contributed by atoms with Gasteiger partial charge >= 0.3 is 0 Å². The fourth-order valence-electron chi connectivity index (χ4n) is 3.79. The SMILES string of the molecule is CC[C@H](C)[C@H](N=C1NS(=O)(=O)c2ccccc21)C(=O)N1CCN(c2ncccn2)CC1. The monoisotopic (exact) mass is 442 g/mol. The van der Waals surface area contributed by atoms with Gasteiger partial charge in [-0.05, 0) is 24.1 Å². The molecule has 1 aromatic heterocycles. The van der Waals surface area contributed by atoms with Gasteiger partial charge in [0.05, 0.1) is 4.90 Å². The zero-order valence-electron chi connectivity index (χ0n) is 17.6. The molecule has 1 amide bonds. The van der Waals surface area contributed by atoms with Crippen molar-refractivity contribution in [2.75, 3.05) is 31.1 Å². The summed E-state index contributed by atoms with van der Waals surface area (Å²) in [5.74, 6) is 0.780. The highest BCUT2D eigenvalue weighted by atomic mass is 32.2. The van der Waals surface area contributed by atoms with E-state index in [4.69, 9.17) is 0 Å². The first-order valence-electron chi connectivity index (χ1n) is 10.4. The van der Waals surface area contributed by atoms with Crippen molar-refractivity contribution >= 4 is 27.7 Å². The number of nitrogens with zero attached hydrogens (tertiary/aromatic N) is 5. The van der Waals surface area contributed by atoms with Crippen molar-refractivity contribution in [1.29, 1.82) is 0 Å². The Kier molecular flexibility index (Phi) is 5.90. The summed E-state index contributed by atoms with van der Waals surface area (Å²) in [5, 5.41) is 0. The van der Waals surface area contributed by atoms with E-state index in [1.165, 1.54) is 0 Å². The third-order valence-corrected chi connectivity index (χ3v) is 7.19. The van der Waals surface area contributed by atoms with Crippen LogP contribution in [0.4, 0.5) is 5.95 Å². The zero-order chi connectivity index (χ0) is 22.0. The van der Waals surface area contributed by atoms with Gasteiger partial charge in [-0.2, -0.15) is 0 Å². The fraction of sp³-hybridized carbons (Fsp3) is 0.429. The Morgan fingerprint density at radius 2 is 1.81 bits per heavy atom. The lowest BCUT2D eigenvalue weighted by Crippen LogP contribution is -2.52. The van der Waals surface area contributed by atoms with E-state index in [9.17, 15) is 13.2 Å². The summed E-state index contributed by atoms with van der Waals surface area (Å²) >= 11 is 0. The molecule has 2 aliphatic rings. The molecule has 2 aliphatic heterocycles. The first kappa shape index (κ1) is 21.2. The standard InChI is InChI=1S/C21H26N6O3S/c1-3-15(2)18(24-19-16-7-4-5-8-17(16)31(29,30)25-19)20(28)26-11-13-27(14-12-26)21-22-9-6-10-23-21/h4-10,15,18H,3,11-14H2,1-2H3,(H,24,25)/t15-,18-/m0/s1. The van der Waals surface area contributed by atoms with Crippen molar-refractivity contribution in [3.8, 4) is 0 Å². The molecule has 31 heavy (non-hydrogen) atoms. The first-order valence-corrected chi connectivity index (χ1v) is 11.9. The molecule has 0 aliphatic carbocycles. The van der Waals surface area contributed by atoms with Gasteiger partial charge in [-0.15, -0.1) is 0 Å². The number of sulfonamides is 1. The second-order valence-electron chi connectivity index (χ2n) is 7.77. The Balaban J connectivity index is 1.54. The average Bonchev–Trinajstić information content (AvgIpc) is 3.07. The van der Waals surface area contributed by atoms with E-state index >= 15 is 0 Å². The number of aliphatic imine (C=N–C) groups is 1. The molecule has 4 rings (SSSR count). The van der Waals surface area contributed by atoms with Gasteiger partial charge in [0.25, 0.3) is 10.0 Å². The van der Waals surface area contributed by atoms with E-state index in [1.54, 1.807) is 47.6 Å². The van der Waals surface area contributed by atoms with Gasteiger partial charge in [0, 0.05) is 44.1 Å². The quantitative estimate of drug-likeness (QED) is 0.747. The van der Waals surface area contributed by atoms with Crippen LogP contribution < -0.4 is 9.62 Å². The highest BCUT2D eigenvalue weighted by molar-refractivity contribution is 7.90. The largest absolute Gasteiger partial charge is 0.337 e. The van der Waals surface area contributed by atoms with Crippen LogP contribution in [0.3, 0.4) is 0 Å². The summed E-state index contributed by atoms with van der Waals surface area (Å²) in [6.07, 6.45) is 4.16. The minimum absolute atomic E-state index is 0.0345. The topological polar surface area (TPSA) is 108 Å². The number of hydrogen-bond acceptors (Lipinski definition) is 7. The average molecular weight is 443 g/mol. The third-order valence-electron chi connectivity index (χ3n) is 5.79. The molecular weight excluding hydrogens is 416 g/mol. The third kappa shape index (κ3) is 4.25. The van der Waals surface area contributed by atoms with Gasteiger partial charge in [-0.3, -0.25) is 14.5 Å². The molecule has 0 spiro atoms. The molecule has 2 atom stereocenters. The molecule has 0 unspecified atom stereocenters. The molecule has 1 aromatic carbocycles. The number of hydrogen-bond donors (Lipinski definition) is 1. The predicted octanol–water partition coefficient (Wildman–Crippen LogP) is 1.28. The number of benzene rings is 1. The molecular formula is C21H26N6O3S. The molecule has 1 saturated heterocycles. The Morgan fingerprint density at radius 3 is 2.48 bits per heavy atom. The minimum Gasteiger partial charge on any atom is -0.337 e. The van der Waals surface area contributed by atoms with E-state index in [0.29, 0.717) is 37.7 Å². The molecule has 0 bridgehead atoms. The Bertz CT molecular complexity index is 1080. The van der Waals surface area contributed by atoms with Crippen LogP contribution in [0.5, 0.6) is 0 Å².